The predicted octanol–water partition coefficient (Wildman–Crippen LogP) is 3.64. The van der Waals surface area contributed by atoms with Gasteiger partial charge in [-0.2, -0.15) is 5.10 Å². The Morgan fingerprint density at radius 2 is 1.81 bits per heavy atom. The highest BCUT2D eigenvalue weighted by molar-refractivity contribution is 5.91. The number of carbonyl (C=O) groups excluding carboxylic acids is 2. The molecule has 8 nitrogen and oxygen atoms in total. The number of esters is 1. The van der Waals surface area contributed by atoms with Crippen LogP contribution < -0.4 is 14.8 Å². The van der Waals surface area contributed by atoms with Crippen LogP contribution in [0.15, 0.2) is 54.7 Å². The minimum atomic E-state index is -0.460. The van der Waals surface area contributed by atoms with Gasteiger partial charge in [-0.05, 0) is 55.3 Å². The molecule has 0 radical (unpaired) electrons. The molecule has 1 N–H and O–H groups in total. The Morgan fingerprint density at radius 1 is 1.03 bits per heavy atom. The Kier molecular flexibility index (Phi) is 7.26. The van der Waals surface area contributed by atoms with Crippen LogP contribution in [0.3, 0.4) is 0 Å². The van der Waals surface area contributed by atoms with Crippen molar-refractivity contribution in [3.63, 3.8) is 0 Å². The SMILES string of the molecule is CCOC(=O)c1ccn(-c2ccc(NC(=O)CCc3cccc(OC)c3OC)cc2)n1. The first-order chi connectivity index (χ1) is 15.0. The standard InChI is InChI=1S/C23H25N3O5/c1-4-31-23(28)19-14-15-26(25-19)18-11-9-17(10-12-18)24-21(27)13-8-16-6-5-7-20(29-2)22(16)30-3/h5-7,9-12,14-15H,4,8,13H2,1-3H3,(H,24,27). The number of benzene rings is 2. The molecule has 2 aromatic carbocycles. The molecule has 1 amide bonds. The smallest absolute Gasteiger partial charge is 0.358 e. The van der Waals surface area contributed by atoms with Crippen molar-refractivity contribution in [2.75, 3.05) is 26.1 Å². The number of hydrogen-bond donors (Lipinski definition) is 1. The van der Waals surface area contributed by atoms with Crippen LogP contribution in [0.2, 0.25) is 0 Å². The molecule has 0 atom stereocenters. The Labute approximate surface area is 180 Å². The van der Waals surface area contributed by atoms with Gasteiger partial charge in [0.05, 0.1) is 26.5 Å². The molecule has 0 unspecified atom stereocenters. The molecule has 0 saturated carbocycles. The van der Waals surface area contributed by atoms with Gasteiger partial charge in [0.2, 0.25) is 5.91 Å². The number of aryl methyl sites for hydroxylation is 1. The highest BCUT2D eigenvalue weighted by Crippen LogP contribution is 2.31. The van der Waals surface area contributed by atoms with Gasteiger partial charge in [-0.1, -0.05) is 12.1 Å². The molecule has 8 heteroatoms. The number of rotatable bonds is 9. The maximum Gasteiger partial charge on any atom is 0.358 e. The number of para-hydroxylation sites is 1. The van der Waals surface area contributed by atoms with E-state index in [-0.39, 0.29) is 11.6 Å². The average Bonchev–Trinajstić information content (AvgIpc) is 3.28. The zero-order valence-electron chi connectivity index (χ0n) is 17.8. The minimum Gasteiger partial charge on any atom is -0.493 e. The third-order valence-corrected chi connectivity index (χ3v) is 4.60. The van der Waals surface area contributed by atoms with E-state index in [0.29, 0.717) is 36.6 Å². The van der Waals surface area contributed by atoms with E-state index in [1.54, 1.807) is 50.2 Å². The topological polar surface area (TPSA) is 91.7 Å². The molecule has 0 aliphatic rings. The molecule has 31 heavy (non-hydrogen) atoms. The van der Waals surface area contributed by atoms with Crippen LogP contribution in [-0.2, 0) is 16.0 Å². The molecular formula is C23H25N3O5. The number of hydrogen-bond acceptors (Lipinski definition) is 6. The van der Waals surface area contributed by atoms with Gasteiger partial charge in [-0.25, -0.2) is 9.48 Å². The summed E-state index contributed by atoms with van der Waals surface area (Å²) < 4.78 is 17.2. The second-order valence-corrected chi connectivity index (χ2v) is 6.61. The maximum absolute atomic E-state index is 12.4. The number of nitrogens with one attached hydrogen (secondary N) is 1. The zero-order valence-corrected chi connectivity index (χ0v) is 17.8. The quantitative estimate of drug-likeness (QED) is 0.529. The molecular weight excluding hydrogens is 398 g/mol. The molecule has 162 valence electrons. The van der Waals surface area contributed by atoms with Crippen molar-refractivity contribution in [2.45, 2.75) is 19.8 Å². The lowest BCUT2D eigenvalue weighted by Crippen LogP contribution is -2.12. The Hall–Kier alpha value is -3.81. The lowest BCUT2D eigenvalue weighted by atomic mass is 10.1. The normalized spacial score (nSPS) is 10.4. The van der Waals surface area contributed by atoms with Crippen molar-refractivity contribution in [3.8, 4) is 17.2 Å². The lowest BCUT2D eigenvalue weighted by Gasteiger charge is -2.12. The summed E-state index contributed by atoms with van der Waals surface area (Å²) in [6.07, 6.45) is 2.50. The van der Waals surface area contributed by atoms with Gasteiger partial charge in [0.15, 0.2) is 17.2 Å². The van der Waals surface area contributed by atoms with Gasteiger partial charge in [0.1, 0.15) is 0 Å². The summed E-state index contributed by atoms with van der Waals surface area (Å²) in [7, 11) is 3.16. The van der Waals surface area contributed by atoms with Crippen LogP contribution in [0, 0.1) is 0 Å². The van der Waals surface area contributed by atoms with E-state index in [0.717, 1.165) is 11.3 Å². The summed E-state index contributed by atoms with van der Waals surface area (Å²) in [5, 5.41) is 7.10. The molecule has 1 heterocycles. The van der Waals surface area contributed by atoms with Crippen LogP contribution in [0.5, 0.6) is 11.5 Å². The number of carbonyl (C=O) groups is 2. The van der Waals surface area contributed by atoms with Crippen LogP contribution in [0.4, 0.5) is 5.69 Å². The summed E-state index contributed by atoms with van der Waals surface area (Å²) >= 11 is 0. The van der Waals surface area contributed by atoms with E-state index in [9.17, 15) is 9.59 Å². The first kappa shape index (κ1) is 21.9. The van der Waals surface area contributed by atoms with E-state index in [4.69, 9.17) is 14.2 Å². The molecule has 3 aromatic rings. The van der Waals surface area contributed by atoms with Gasteiger partial charge in [0.25, 0.3) is 0 Å². The van der Waals surface area contributed by atoms with E-state index >= 15 is 0 Å². The molecule has 3 rings (SSSR count). The Bertz CT molecular complexity index is 1040. The first-order valence-electron chi connectivity index (χ1n) is 9.88. The number of aromatic nitrogens is 2. The highest BCUT2D eigenvalue weighted by Gasteiger charge is 2.13. The van der Waals surface area contributed by atoms with Crippen molar-refractivity contribution in [1.82, 2.24) is 9.78 Å². The zero-order chi connectivity index (χ0) is 22.2. The highest BCUT2D eigenvalue weighted by atomic mass is 16.5. The summed E-state index contributed by atoms with van der Waals surface area (Å²) in [5.74, 6) is 0.711. The van der Waals surface area contributed by atoms with E-state index < -0.39 is 5.97 Å². The third-order valence-electron chi connectivity index (χ3n) is 4.60. The molecule has 0 bridgehead atoms. The van der Waals surface area contributed by atoms with Gasteiger partial charge >= 0.3 is 5.97 Å². The molecule has 0 saturated heterocycles. The van der Waals surface area contributed by atoms with Gasteiger partial charge < -0.3 is 19.5 Å². The largest absolute Gasteiger partial charge is 0.493 e. The summed E-state index contributed by atoms with van der Waals surface area (Å²) in [6, 6.07) is 14.4. The molecule has 0 aliphatic heterocycles. The molecule has 0 fully saturated rings. The number of methoxy groups -OCH3 is 2. The number of amides is 1. The number of nitrogens with zero attached hydrogens (tertiary/aromatic N) is 2. The minimum absolute atomic E-state index is 0.110. The lowest BCUT2D eigenvalue weighted by molar-refractivity contribution is -0.116. The Morgan fingerprint density at radius 3 is 2.48 bits per heavy atom. The molecule has 1 aromatic heterocycles. The predicted molar refractivity (Wildman–Crippen MR) is 116 cm³/mol. The van der Waals surface area contributed by atoms with Crippen molar-refractivity contribution in [2.24, 2.45) is 0 Å². The van der Waals surface area contributed by atoms with Gasteiger partial charge in [0, 0.05) is 18.3 Å². The van der Waals surface area contributed by atoms with Crippen LogP contribution in [0.25, 0.3) is 5.69 Å². The third kappa shape index (κ3) is 5.42. The van der Waals surface area contributed by atoms with E-state index in [1.165, 1.54) is 0 Å². The van der Waals surface area contributed by atoms with Gasteiger partial charge in [-0.15, -0.1) is 0 Å². The molecule has 0 aliphatic carbocycles. The fraction of sp³-hybridized carbons (Fsp3) is 0.261. The molecule has 0 spiro atoms. The fourth-order valence-electron chi connectivity index (χ4n) is 3.10. The first-order valence-corrected chi connectivity index (χ1v) is 9.88. The van der Waals surface area contributed by atoms with Gasteiger partial charge in [-0.3, -0.25) is 4.79 Å². The number of ether oxygens (including phenoxy) is 3. The van der Waals surface area contributed by atoms with E-state index in [2.05, 4.69) is 10.4 Å². The fourth-order valence-corrected chi connectivity index (χ4v) is 3.10. The van der Waals surface area contributed by atoms with Crippen molar-refractivity contribution < 1.29 is 23.8 Å². The van der Waals surface area contributed by atoms with Crippen LogP contribution in [-0.4, -0.2) is 42.5 Å². The maximum atomic E-state index is 12.4. The van der Waals surface area contributed by atoms with Crippen LogP contribution in [0.1, 0.15) is 29.4 Å². The Balaban J connectivity index is 1.59. The summed E-state index contributed by atoms with van der Waals surface area (Å²) in [5.41, 5.74) is 2.58. The monoisotopic (exact) mass is 423 g/mol. The van der Waals surface area contributed by atoms with Crippen molar-refractivity contribution in [3.05, 3.63) is 66.0 Å². The van der Waals surface area contributed by atoms with E-state index in [1.807, 2.05) is 30.3 Å². The summed E-state index contributed by atoms with van der Waals surface area (Å²) in [6.45, 7) is 2.04. The van der Waals surface area contributed by atoms with Crippen molar-refractivity contribution in [1.29, 1.82) is 0 Å². The van der Waals surface area contributed by atoms with Crippen molar-refractivity contribution >= 4 is 17.6 Å². The van der Waals surface area contributed by atoms with Crippen LogP contribution >= 0.6 is 0 Å². The average molecular weight is 423 g/mol. The number of anilines is 1. The second-order valence-electron chi connectivity index (χ2n) is 6.61. The second kappa shape index (κ2) is 10.3. The summed E-state index contributed by atoms with van der Waals surface area (Å²) in [4.78, 5) is 24.1.